The van der Waals surface area contributed by atoms with Crippen LogP contribution in [0, 0.1) is 5.82 Å². The molecule has 0 fully saturated rings. The smallest absolute Gasteiger partial charge is 0.342 e. The molecule has 5 nitrogen and oxygen atoms in total. The van der Waals surface area contributed by atoms with Crippen LogP contribution in [-0.2, 0) is 4.74 Å². The first-order valence-corrected chi connectivity index (χ1v) is 8.43. The highest BCUT2D eigenvalue weighted by atomic mass is 32.2. The molecule has 0 bridgehead atoms. The SMILES string of the molecule is COc1cc(OC)c(C(=O)OCCSc2ccccc2F)cc1OC. The Kier molecular flexibility index (Phi) is 6.94. The molecule has 0 aliphatic rings. The highest BCUT2D eigenvalue weighted by Gasteiger charge is 2.19. The van der Waals surface area contributed by atoms with Crippen LogP contribution >= 0.6 is 11.8 Å². The van der Waals surface area contributed by atoms with Crippen molar-refractivity contribution in [3.05, 3.63) is 47.8 Å². The summed E-state index contributed by atoms with van der Waals surface area (Å²) in [6.07, 6.45) is 0. The van der Waals surface area contributed by atoms with Gasteiger partial charge in [0.1, 0.15) is 23.7 Å². The number of hydrogen-bond acceptors (Lipinski definition) is 6. The zero-order chi connectivity index (χ0) is 18.2. The Morgan fingerprint density at radius 1 is 1.00 bits per heavy atom. The van der Waals surface area contributed by atoms with Gasteiger partial charge in [-0.2, -0.15) is 0 Å². The fourth-order valence-corrected chi connectivity index (χ4v) is 2.88. The van der Waals surface area contributed by atoms with Crippen LogP contribution in [0.2, 0.25) is 0 Å². The van der Waals surface area contributed by atoms with E-state index in [-0.39, 0.29) is 18.0 Å². The van der Waals surface area contributed by atoms with E-state index in [0.717, 1.165) is 0 Å². The summed E-state index contributed by atoms with van der Waals surface area (Å²) in [5, 5.41) is 0. The van der Waals surface area contributed by atoms with E-state index in [9.17, 15) is 9.18 Å². The van der Waals surface area contributed by atoms with Crippen LogP contribution in [0.15, 0.2) is 41.3 Å². The lowest BCUT2D eigenvalue weighted by Crippen LogP contribution is -2.10. The topological polar surface area (TPSA) is 54.0 Å². The van der Waals surface area contributed by atoms with E-state index in [1.807, 2.05) is 0 Å². The Balaban J connectivity index is 1.99. The number of carbonyl (C=O) groups is 1. The van der Waals surface area contributed by atoms with Gasteiger partial charge in [0.15, 0.2) is 11.5 Å². The molecular formula is C18H19FO5S. The Hall–Kier alpha value is -2.41. The molecule has 2 rings (SSSR count). The lowest BCUT2D eigenvalue weighted by atomic mass is 10.1. The molecule has 0 spiro atoms. The van der Waals surface area contributed by atoms with Crippen LogP contribution in [0.3, 0.4) is 0 Å². The Morgan fingerprint density at radius 2 is 1.64 bits per heavy atom. The largest absolute Gasteiger partial charge is 0.496 e. The molecule has 0 N–H and O–H groups in total. The van der Waals surface area contributed by atoms with E-state index in [1.165, 1.54) is 45.2 Å². The highest BCUT2D eigenvalue weighted by molar-refractivity contribution is 7.99. The maximum atomic E-state index is 13.5. The molecule has 0 saturated heterocycles. The first-order valence-electron chi connectivity index (χ1n) is 7.45. The van der Waals surface area contributed by atoms with Crippen molar-refractivity contribution in [2.75, 3.05) is 33.7 Å². The van der Waals surface area contributed by atoms with Crippen LogP contribution in [0.4, 0.5) is 4.39 Å². The number of halogens is 1. The van der Waals surface area contributed by atoms with E-state index in [4.69, 9.17) is 18.9 Å². The van der Waals surface area contributed by atoms with E-state index in [0.29, 0.717) is 27.9 Å². The molecule has 0 saturated carbocycles. The van der Waals surface area contributed by atoms with E-state index < -0.39 is 5.97 Å². The first kappa shape index (κ1) is 18.9. The molecular weight excluding hydrogens is 347 g/mol. The number of hydrogen-bond donors (Lipinski definition) is 0. The minimum Gasteiger partial charge on any atom is -0.496 e. The van der Waals surface area contributed by atoms with Crippen LogP contribution < -0.4 is 14.2 Å². The molecule has 7 heteroatoms. The van der Waals surface area contributed by atoms with Crippen molar-refractivity contribution in [3.8, 4) is 17.2 Å². The van der Waals surface area contributed by atoms with Crippen molar-refractivity contribution in [2.24, 2.45) is 0 Å². The van der Waals surface area contributed by atoms with Crippen LogP contribution in [0.1, 0.15) is 10.4 Å². The lowest BCUT2D eigenvalue weighted by molar-refractivity contribution is 0.0526. The Bertz CT molecular complexity index is 735. The number of methoxy groups -OCH3 is 3. The number of rotatable bonds is 8. The molecule has 0 aromatic heterocycles. The van der Waals surface area contributed by atoms with Crippen molar-refractivity contribution in [1.82, 2.24) is 0 Å². The molecule has 0 atom stereocenters. The Morgan fingerprint density at radius 3 is 2.28 bits per heavy atom. The van der Waals surface area contributed by atoms with Gasteiger partial charge in [-0.05, 0) is 12.1 Å². The minimum atomic E-state index is -0.549. The molecule has 0 unspecified atom stereocenters. The van der Waals surface area contributed by atoms with Gasteiger partial charge in [-0.3, -0.25) is 0 Å². The molecule has 0 heterocycles. The monoisotopic (exact) mass is 366 g/mol. The molecule has 0 amide bonds. The predicted molar refractivity (Wildman–Crippen MR) is 93.5 cm³/mol. The second-order valence-corrected chi connectivity index (χ2v) is 5.96. The van der Waals surface area contributed by atoms with Gasteiger partial charge in [-0.15, -0.1) is 11.8 Å². The number of benzene rings is 2. The van der Waals surface area contributed by atoms with E-state index in [2.05, 4.69) is 0 Å². The fraction of sp³-hybridized carbons (Fsp3) is 0.278. The van der Waals surface area contributed by atoms with Crippen LogP contribution in [-0.4, -0.2) is 39.7 Å². The van der Waals surface area contributed by atoms with Crippen molar-refractivity contribution in [3.63, 3.8) is 0 Å². The third-order valence-corrected chi connectivity index (χ3v) is 4.35. The van der Waals surface area contributed by atoms with Crippen molar-refractivity contribution in [1.29, 1.82) is 0 Å². The summed E-state index contributed by atoms with van der Waals surface area (Å²) in [7, 11) is 4.42. The van der Waals surface area contributed by atoms with Gasteiger partial charge < -0.3 is 18.9 Å². The van der Waals surface area contributed by atoms with E-state index >= 15 is 0 Å². The third kappa shape index (κ3) is 4.79. The summed E-state index contributed by atoms with van der Waals surface area (Å²) in [5.74, 6) is 0.765. The van der Waals surface area contributed by atoms with Gasteiger partial charge in [-0.25, -0.2) is 9.18 Å². The molecule has 0 aliphatic carbocycles. The predicted octanol–water partition coefficient (Wildman–Crippen LogP) is 3.80. The Labute approximate surface area is 150 Å². The number of thioether (sulfide) groups is 1. The second-order valence-electron chi connectivity index (χ2n) is 4.82. The fourth-order valence-electron chi connectivity index (χ4n) is 2.11. The summed E-state index contributed by atoms with van der Waals surface area (Å²) in [4.78, 5) is 12.8. The standard InChI is InChI=1S/C18H19FO5S/c1-21-14-11-16(23-3)15(22-2)10-12(14)18(20)24-8-9-25-17-7-5-4-6-13(17)19/h4-7,10-11H,8-9H2,1-3H3. The van der Waals surface area contributed by atoms with E-state index in [1.54, 1.807) is 24.3 Å². The maximum absolute atomic E-state index is 13.5. The third-order valence-electron chi connectivity index (χ3n) is 3.34. The number of carbonyl (C=O) groups excluding carboxylic acids is 1. The molecule has 0 aliphatic heterocycles. The molecule has 2 aromatic carbocycles. The van der Waals surface area contributed by atoms with Gasteiger partial charge in [0.05, 0.1) is 21.3 Å². The van der Waals surface area contributed by atoms with Crippen molar-refractivity contribution in [2.45, 2.75) is 4.90 Å². The zero-order valence-electron chi connectivity index (χ0n) is 14.2. The minimum absolute atomic E-state index is 0.134. The molecule has 0 radical (unpaired) electrons. The first-order chi connectivity index (χ1) is 12.1. The average molecular weight is 366 g/mol. The second kappa shape index (κ2) is 9.17. The van der Waals surface area contributed by atoms with Crippen molar-refractivity contribution < 1.29 is 28.1 Å². The highest BCUT2D eigenvalue weighted by Crippen LogP contribution is 2.35. The maximum Gasteiger partial charge on any atom is 0.342 e. The van der Waals surface area contributed by atoms with Gasteiger partial charge in [-0.1, -0.05) is 12.1 Å². The van der Waals surface area contributed by atoms with Gasteiger partial charge in [0.25, 0.3) is 0 Å². The van der Waals surface area contributed by atoms with Gasteiger partial charge in [0, 0.05) is 22.8 Å². The number of esters is 1. The summed E-state index contributed by atoms with van der Waals surface area (Å²) in [6.45, 7) is 0.134. The summed E-state index contributed by atoms with van der Waals surface area (Å²) in [5.41, 5.74) is 0.232. The number of ether oxygens (including phenoxy) is 4. The summed E-state index contributed by atoms with van der Waals surface area (Å²) >= 11 is 1.28. The van der Waals surface area contributed by atoms with Crippen LogP contribution in [0.5, 0.6) is 17.2 Å². The summed E-state index contributed by atoms with van der Waals surface area (Å²) < 4.78 is 34.3. The molecule has 134 valence electrons. The summed E-state index contributed by atoms with van der Waals surface area (Å²) in [6, 6.07) is 9.52. The normalized spacial score (nSPS) is 10.2. The zero-order valence-corrected chi connectivity index (χ0v) is 15.0. The van der Waals surface area contributed by atoms with Gasteiger partial charge >= 0.3 is 5.97 Å². The molecule has 2 aromatic rings. The quantitative estimate of drug-likeness (QED) is 0.402. The lowest BCUT2D eigenvalue weighted by Gasteiger charge is -2.13. The average Bonchev–Trinajstić information content (AvgIpc) is 2.65. The molecule has 25 heavy (non-hydrogen) atoms. The van der Waals surface area contributed by atoms with Gasteiger partial charge in [0.2, 0.25) is 0 Å². The van der Waals surface area contributed by atoms with Crippen LogP contribution in [0.25, 0.3) is 0 Å². The van der Waals surface area contributed by atoms with Crippen molar-refractivity contribution >= 4 is 17.7 Å².